The molecule has 0 N–H and O–H groups in total. The van der Waals surface area contributed by atoms with Crippen LogP contribution in [0.25, 0.3) is 0 Å². The van der Waals surface area contributed by atoms with Crippen LogP contribution < -0.4 is 0 Å². The van der Waals surface area contributed by atoms with E-state index in [1.165, 1.54) is 0 Å². The molecule has 6 heteroatoms. The Bertz CT molecular complexity index is 290. The van der Waals surface area contributed by atoms with Gasteiger partial charge in [-0.1, -0.05) is 22.6 Å². The average Bonchev–Trinajstić information content (AvgIpc) is 2.36. The molecule has 1 rings (SSSR count). The molecule has 1 saturated heterocycles. The van der Waals surface area contributed by atoms with Gasteiger partial charge in [0, 0.05) is 6.61 Å². The molecule has 1 heterocycles. The van der Waals surface area contributed by atoms with Crippen molar-refractivity contribution in [2.24, 2.45) is 0 Å². The number of rotatable bonds is 5. The first-order valence-corrected chi connectivity index (χ1v) is 8.09. The van der Waals surface area contributed by atoms with E-state index in [9.17, 15) is 8.42 Å². The van der Waals surface area contributed by atoms with Crippen LogP contribution in [0.1, 0.15) is 13.8 Å². The molecule has 1 aliphatic heterocycles. The summed E-state index contributed by atoms with van der Waals surface area (Å²) in [7, 11) is -2.88. The fourth-order valence-electron chi connectivity index (χ4n) is 1.52. The molecule has 4 nitrogen and oxygen atoms in total. The lowest BCUT2D eigenvalue weighted by Gasteiger charge is -2.19. The Labute approximate surface area is 105 Å². The third kappa shape index (κ3) is 4.54. The van der Waals surface area contributed by atoms with Crippen LogP contribution in [0.2, 0.25) is 0 Å². The first kappa shape index (κ1) is 13.7. The summed E-state index contributed by atoms with van der Waals surface area (Å²) in [6.07, 6.45) is -0.216. The molecule has 0 saturated carbocycles. The predicted octanol–water partition coefficient (Wildman–Crippen LogP) is 1.03. The lowest BCUT2D eigenvalue weighted by molar-refractivity contribution is -0.0331. The van der Waals surface area contributed by atoms with E-state index in [2.05, 4.69) is 22.6 Å². The van der Waals surface area contributed by atoms with Gasteiger partial charge in [0.2, 0.25) is 0 Å². The Kier molecular flexibility index (Phi) is 5.27. The van der Waals surface area contributed by atoms with Gasteiger partial charge in [0.05, 0.1) is 34.2 Å². The first-order chi connectivity index (χ1) is 6.94. The maximum absolute atomic E-state index is 11.3. The minimum absolute atomic E-state index is 0.0412. The van der Waals surface area contributed by atoms with Crippen LogP contribution in [0.15, 0.2) is 0 Å². The third-order valence-electron chi connectivity index (χ3n) is 2.20. The Hall–Kier alpha value is 0.600. The molecule has 1 aliphatic rings. The summed E-state index contributed by atoms with van der Waals surface area (Å²) in [6, 6.07) is 0. The minimum atomic E-state index is -2.88. The van der Waals surface area contributed by atoms with Crippen LogP contribution in [0, 0.1) is 0 Å². The predicted molar refractivity (Wildman–Crippen MR) is 67.3 cm³/mol. The normalized spacial score (nSPS) is 31.7. The highest BCUT2D eigenvalue weighted by molar-refractivity contribution is 14.1. The number of sulfone groups is 1. The maximum Gasteiger partial charge on any atom is 0.154 e. The minimum Gasteiger partial charge on any atom is -0.379 e. The van der Waals surface area contributed by atoms with Gasteiger partial charge in [-0.2, -0.15) is 0 Å². The van der Waals surface area contributed by atoms with Crippen LogP contribution in [0.5, 0.6) is 0 Å². The van der Waals surface area contributed by atoms with E-state index < -0.39 is 9.84 Å². The molecule has 90 valence electrons. The standard InChI is InChI=1S/C9H17IO4S/c1-3-13-4-7(2)14-9-6-15(11,12)5-8(9)10/h7-9H,3-6H2,1-2H3. The number of hydrogen-bond acceptors (Lipinski definition) is 4. The van der Waals surface area contributed by atoms with Crippen LogP contribution in [-0.2, 0) is 19.3 Å². The zero-order valence-corrected chi connectivity index (χ0v) is 12.0. The Morgan fingerprint density at radius 1 is 1.47 bits per heavy atom. The second-order valence-electron chi connectivity index (χ2n) is 3.74. The Morgan fingerprint density at radius 2 is 2.13 bits per heavy atom. The van der Waals surface area contributed by atoms with Crippen LogP contribution in [0.4, 0.5) is 0 Å². The van der Waals surface area contributed by atoms with E-state index in [1.54, 1.807) is 0 Å². The summed E-state index contributed by atoms with van der Waals surface area (Å²) >= 11 is 2.15. The molecule has 0 spiro atoms. The van der Waals surface area contributed by atoms with E-state index in [4.69, 9.17) is 9.47 Å². The van der Waals surface area contributed by atoms with Gasteiger partial charge in [-0.3, -0.25) is 0 Å². The van der Waals surface area contributed by atoms with Crippen molar-refractivity contribution >= 4 is 32.4 Å². The molecule has 3 unspecified atom stereocenters. The molecule has 1 fully saturated rings. The van der Waals surface area contributed by atoms with Crippen LogP contribution in [0.3, 0.4) is 0 Å². The first-order valence-electron chi connectivity index (χ1n) is 5.02. The van der Waals surface area contributed by atoms with Gasteiger partial charge in [-0.25, -0.2) is 8.42 Å². The van der Waals surface area contributed by atoms with Gasteiger partial charge in [0.25, 0.3) is 0 Å². The van der Waals surface area contributed by atoms with Crippen molar-refractivity contribution in [3.05, 3.63) is 0 Å². The van der Waals surface area contributed by atoms with Crippen molar-refractivity contribution in [2.75, 3.05) is 24.7 Å². The highest BCUT2D eigenvalue weighted by Crippen LogP contribution is 2.23. The zero-order valence-electron chi connectivity index (χ0n) is 8.98. The summed E-state index contributed by atoms with van der Waals surface area (Å²) in [4.78, 5) is 0. The summed E-state index contributed by atoms with van der Waals surface area (Å²) in [5, 5.41) is 0. The van der Waals surface area contributed by atoms with E-state index in [0.717, 1.165) is 0 Å². The summed E-state index contributed by atoms with van der Waals surface area (Å²) in [5.41, 5.74) is 0. The molecule has 0 radical (unpaired) electrons. The quantitative estimate of drug-likeness (QED) is 0.550. The molecule has 0 aromatic carbocycles. The molecular formula is C9H17IO4S. The Balaban J connectivity index is 2.39. The van der Waals surface area contributed by atoms with Crippen molar-refractivity contribution in [3.8, 4) is 0 Å². The number of halogens is 1. The topological polar surface area (TPSA) is 52.6 Å². The van der Waals surface area contributed by atoms with Crippen LogP contribution in [-0.4, -0.2) is 49.3 Å². The van der Waals surface area contributed by atoms with E-state index in [-0.39, 0.29) is 27.6 Å². The van der Waals surface area contributed by atoms with Crippen molar-refractivity contribution in [3.63, 3.8) is 0 Å². The van der Waals surface area contributed by atoms with Crippen molar-refractivity contribution in [2.45, 2.75) is 30.0 Å². The largest absolute Gasteiger partial charge is 0.379 e. The molecule has 3 atom stereocenters. The van der Waals surface area contributed by atoms with Crippen LogP contribution >= 0.6 is 22.6 Å². The monoisotopic (exact) mass is 348 g/mol. The van der Waals surface area contributed by atoms with Crippen molar-refractivity contribution < 1.29 is 17.9 Å². The smallest absolute Gasteiger partial charge is 0.154 e. The van der Waals surface area contributed by atoms with Gasteiger partial charge in [-0.05, 0) is 13.8 Å². The van der Waals surface area contributed by atoms with Crippen molar-refractivity contribution in [1.29, 1.82) is 0 Å². The zero-order chi connectivity index (χ0) is 11.5. The number of ether oxygens (including phenoxy) is 2. The molecule has 0 aromatic heterocycles. The second-order valence-corrected chi connectivity index (χ2v) is 7.49. The van der Waals surface area contributed by atoms with Gasteiger partial charge >= 0.3 is 0 Å². The summed E-state index contributed by atoms with van der Waals surface area (Å²) < 4.78 is 33.6. The molecule has 0 amide bonds. The van der Waals surface area contributed by atoms with Gasteiger partial charge < -0.3 is 9.47 Å². The Morgan fingerprint density at radius 3 is 2.60 bits per heavy atom. The fourth-order valence-corrected chi connectivity index (χ4v) is 5.58. The molecular weight excluding hydrogens is 331 g/mol. The molecule has 0 aliphatic carbocycles. The highest BCUT2D eigenvalue weighted by Gasteiger charge is 2.37. The lowest BCUT2D eigenvalue weighted by atomic mass is 10.3. The SMILES string of the molecule is CCOCC(C)OC1CS(=O)(=O)CC1I. The molecule has 15 heavy (non-hydrogen) atoms. The summed E-state index contributed by atoms with van der Waals surface area (Å²) in [6.45, 7) is 5.01. The lowest BCUT2D eigenvalue weighted by Crippen LogP contribution is -2.29. The van der Waals surface area contributed by atoms with E-state index in [1.807, 2.05) is 13.8 Å². The number of alkyl halides is 1. The van der Waals surface area contributed by atoms with Crippen molar-refractivity contribution in [1.82, 2.24) is 0 Å². The fraction of sp³-hybridized carbons (Fsp3) is 1.00. The van der Waals surface area contributed by atoms with E-state index >= 15 is 0 Å². The van der Waals surface area contributed by atoms with E-state index in [0.29, 0.717) is 13.2 Å². The van der Waals surface area contributed by atoms with Gasteiger partial charge in [0.1, 0.15) is 0 Å². The highest BCUT2D eigenvalue weighted by atomic mass is 127. The maximum atomic E-state index is 11.3. The third-order valence-corrected chi connectivity index (χ3v) is 5.74. The summed E-state index contributed by atoms with van der Waals surface area (Å²) in [5.74, 6) is 0.386. The van der Waals surface area contributed by atoms with Gasteiger partial charge in [-0.15, -0.1) is 0 Å². The number of hydrogen-bond donors (Lipinski definition) is 0. The van der Waals surface area contributed by atoms with Gasteiger partial charge in [0.15, 0.2) is 9.84 Å². The second kappa shape index (κ2) is 5.79. The molecule has 0 aromatic rings. The average molecular weight is 348 g/mol. The molecule has 0 bridgehead atoms.